The number of hydrogen-bond donors (Lipinski definition) is 0. The maximum absolute atomic E-state index is 13.2. The maximum Gasteiger partial charge on any atom is 0.258 e. The van der Waals surface area contributed by atoms with Gasteiger partial charge in [-0.25, -0.2) is 4.98 Å². The minimum absolute atomic E-state index is 0.0636. The fraction of sp³-hybridized carbons (Fsp3) is 0.526. The molecular formula is C19H26N4O2. The molecule has 2 aromatic heterocycles. The molecule has 1 fully saturated rings. The Hall–Kier alpha value is -2.37. The van der Waals surface area contributed by atoms with E-state index in [4.69, 9.17) is 4.74 Å². The molecule has 2 aromatic rings. The minimum Gasteiger partial charge on any atom is -0.475 e. The van der Waals surface area contributed by atoms with E-state index in [-0.39, 0.29) is 12.0 Å². The van der Waals surface area contributed by atoms with E-state index < -0.39 is 0 Å². The first-order valence-corrected chi connectivity index (χ1v) is 8.79. The van der Waals surface area contributed by atoms with Crippen molar-refractivity contribution in [2.75, 3.05) is 0 Å². The lowest BCUT2D eigenvalue weighted by molar-refractivity contribution is 0.0728. The summed E-state index contributed by atoms with van der Waals surface area (Å²) in [4.78, 5) is 19.4. The van der Waals surface area contributed by atoms with E-state index in [1.165, 1.54) is 0 Å². The van der Waals surface area contributed by atoms with Gasteiger partial charge in [-0.15, -0.1) is 0 Å². The number of carbonyl (C=O) groups is 1. The van der Waals surface area contributed by atoms with Crippen LogP contribution in [0.2, 0.25) is 0 Å². The van der Waals surface area contributed by atoms with E-state index in [1.807, 2.05) is 51.8 Å². The lowest BCUT2D eigenvalue weighted by atomic mass is 10.1. The van der Waals surface area contributed by atoms with Crippen molar-refractivity contribution in [1.82, 2.24) is 19.7 Å². The average Bonchev–Trinajstić information content (AvgIpc) is 3.33. The van der Waals surface area contributed by atoms with Gasteiger partial charge in [-0.1, -0.05) is 0 Å². The molecule has 1 saturated carbocycles. The molecule has 6 heteroatoms. The minimum atomic E-state index is 0.0636. The highest BCUT2D eigenvalue weighted by Crippen LogP contribution is 2.31. The maximum atomic E-state index is 13.2. The van der Waals surface area contributed by atoms with E-state index in [1.54, 1.807) is 10.9 Å². The molecule has 0 aliphatic heterocycles. The summed E-state index contributed by atoms with van der Waals surface area (Å²) in [6.07, 6.45) is 3.93. The molecule has 6 nitrogen and oxygen atoms in total. The number of rotatable bonds is 6. The molecule has 134 valence electrons. The summed E-state index contributed by atoms with van der Waals surface area (Å²) in [5.74, 6) is 0.665. The Bertz CT molecular complexity index is 778. The Morgan fingerprint density at radius 3 is 2.68 bits per heavy atom. The van der Waals surface area contributed by atoms with Crippen LogP contribution >= 0.6 is 0 Å². The summed E-state index contributed by atoms with van der Waals surface area (Å²) in [5.41, 5.74) is 3.45. The number of aromatic nitrogens is 3. The summed E-state index contributed by atoms with van der Waals surface area (Å²) in [7, 11) is 1.87. The van der Waals surface area contributed by atoms with Crippen LogP contribution in [0, 0.1) is 13.8 Å². The van der Waals surface area contributed by atoms with Crippen LogP contribution in [0.25, 0.3) is 0 Å². The van der Waals surface area contributed by atoms with Crippen LogP contribution in [0.3, 0.4) is 0 Å². The van der Waals surface area contributed by atoms with Gasteiger partial charge in [0.05, 0.1) is 17.4 Å². The Labute approximate surface area is 148 Å². The zero-order valence-electron chi connectivity index (χ0n) is 15.6. The Morgan fingerprint density at radius 1 is 1.40 bits per heavy atom. The van der Waals surface area contributed by atoms with Crippen LogP contribution in [0.15, 0.2) is 18.3 Å². The van der Waals surface area contributed by atoms with Crippen LogP contribution in [-0.2, 0) is 13.6 Å². The number of pyridine rings is 1. The van der Waals surface area contributed by atoms with Crippen molar-refractivity contribution in [3.63, 3.8) is 0 Å². The van der Waals surface area contributed by atoms with Gasteiger partial charge in [-0.05, 0) is 52.2 Å². The predicted octanol–water partition coefficient (Wildman–Crippen LogP) is 3.02. The van der Waals surface area contributed by atoms with Crippen molar-refractivity contribution < 1.29 is 9.53 Å². The summed E-state index contributed by atoms with van der Waals surface area (Å²) >= 11 is 0. The summed E-state index contributed by atoms with van der Waals surface area (Å²) in [6, 6.07) is 4.18. The molecule has 0 aromatic carbocycles. The molecule has 0 atom stereocenters. The Morgan fingerprint density at radius 2 is 2.12 bits per heavy atom. The Balaban J connectivity index is 1.84. The van der Waals surface area contributed by atoms with E-state index in [2.05, 4.69) is 10.1 Å². The number of nitrogens with zero attached hydrogens (tertiary/aromatic N) is 4. The van der Waals surface area contributed by atoms with Gasteiger partial charge in [0.1, 0.15) is 0 Å². The second kappa shape index (κ2) is 6.86. The SMILES string of the molecule is Cc1nn(C)c(C)c1C(=O)N(Cc1ccnc(OC(C)C)c1)C1CC1. The van der Waals surface area contributed by atoms with Crippen molar-refractivity contribution in [3.8, 4) is 5.88 Å². The highest BCUT2D eigenvalue weighted by atomic mass is 16.5. The van der Waals surface area contributed by atoms with E-state index in [0.29, 0.717) is 18.5 Å². The molecule has 0 saturated heterocycles. The standard InChI is InChI=1S/C19H26N4O2/c1-12(2)25-17-10-15(8-9-20-17)11-23(16-6-7-16)19(24)18-13(3)21-22(5)14(18)4/h8-10,12,16H,6-7,11H2,1-5H3. The first-order valence-electron chi connectivity index (χ1n) is 8.79. The highest BCUT2D eigenvalue weighted by Gasteiger charge is 2.35. The van der Waals surface area contributed by atoms with Crippen LogP contribution in [0.5, 0.6) is 5.88 Å². The van der Waals surface area contributed by atoms with E-state index >= 15 is 0 Å². The number of carbonyl (C=O) groups excluding carboxylic acids is 1. The van der Waals surface area contributed by atoms with E-state index in [0.717, 1.165) is 35.4 Å². The fourth-order valence-corrected chi connectivity index (χ4v) is 3.03. The molecule has 3 rings (SSSR count). The highest BCUT2D eigenvalue weighted by molar-refractivity contribution is 5.96. The van der Waals surface area contributed by atoms with Crippen LogP contribution in [-0.4, -0.2) is 37.7 Å². The number of aryl methyl sites for hydroxylation is 2. The molecule has 25 heavy (non-hydrogen) atoms. The van der Waals surface area contributed by atoms with Crippen LogP contribution < -0.4 is 4.74 Å². The number of ether oxygens (including phenoxy) is 1. The third-order valence-electron chi connectivity index (χ3n) is 4.48. The van der Waals surface area contributed by atoms with Crippen molar-refractivity contribution in [1.29, 1.82) is 0 Å². The second-order valence-corrected chi connectivity index (χ2v) is 7.00. The molecule has 1 aliphatic carbocycles. The van der Waals surface area contributed by atoms with Gasteiger partial charge >= 0.3 is 0 Å². The predicted molar refractivity (Wildman–Crippen MR) is 95.6 cm³/mol. The third-order valence-corrected chi connectivity index (χ3v) is 4.48. The largest absolute Gasteiger partial charge is 0.475 e. The molecule has 0 spiro atoms. The number of amides is 1. The first-order chi connectivity index (χ1) is 11.9. The van der Waals surface area contributed by atoms with Gasteiger partial charge in [0.2, 0.25) is 5.88 Å². The van der Waals surface area contributed by atoms with Crippen molar-refractivity contribution in [2.24, 2.45) is 7.05 Å². The fourth-order valence-electron chi connectivity index (χ4n) is 3.03. The molecule has 0 N–H and O–H groups in total. The van der Waals surface area contributed by atoms with Gasteiger partial charge in [-0.2, -0.15) is 5.10 Å². The zero-order chi connectivity index (χ0) is 18.1. The number of hydrogen-bond acceptors (Lipinski definition) is 4. The summed E-state index contributed by atoms with van der Waals surface area (Å²) in [6.45, 7) is 8.35. The molecule has 0 bridgehead atoms. The molecule has 2 heterocycles. The summed E-state index contributed by atoms with van der Waals surface area (Å²) in [5, 5.41) is 4.39. The lowest BCUT2D eigenvalue weighted by Gasteiger charge is -2.23. The van der Waals surface area contributed by atoms with Gasteiger partial charge in [0.15, 0.2) is 0 Å². The van der Waals surface area contributed by atoms with Crippen molar-refractivity contribution >= 4 is 5.91 Å². The van der Waals surface area contributed by atoms with Crippen LogP contribution in [0.1, 0.15) is 54.0 Å². The molecule has 1 amide bonds. The first kappa shape index (κ1) is 17.5. The summed E-state index contributed by atoms with van der Waals surface area (Å²) < 4.78 is 7.44. The topological polar surface area (TPSA) is 60.2 Å². The molecule has 1 aliphatic rings. The monoisotopic (exact) mass is 342 g/mol. The Kier molecular flexibility index (Phi) is 4.79. The normalized spacial score (nSPS) is 14.0. The molecule has 0 radical (unpaired) electrons. The quantitative estimate of drug-likeness (QED) is 0.810. The van der Waals surface area contributed by atoms with Gasteiger partial charge in [-0.3, -0.25) is 9.48 Å². The zero-order valence-corrected chi connectivity index (χ0v) is 15.6. The second-order valence-electron chi connectivity index (χ2n) is 7.00. The third kappa shape index (κ3) is 3.83. The molecular weight excluding hydrogens is 316 g/mol. The lowest BCUT2D eigenvalue weighted by Crippen LogP contribution is -2.33. The smallest absolute Gasteiger partial charge is 0.258 e. The molecule has 0 unspecified atom stereocenters. The van der Waals surface area contributed by atoms with Crippen LogP contribution in [0.4, 0.5) is 0 Å². The van der Waals surface area contributed by atoms with Gasteiger partial charge in [0.25, 0.3) is 5.91 Å². The van der Waals surface area contributed by atoms with Gasteiger partial charge < -0.3 is 9.64 Å². The van der Waals surface area contributed by atoms with Crippen molar-refractivity contribution in [3.05, 3.63) is 40.8 Å². The van der Waals surface area contributed by atoms with Gasteiger partial charge in [0, 0.05) is 37.6 Å². The van der Waals surface area contributed by atoms with E-state index in [9.17, 15) is 4.79 Å². The van der Waals surface area contributed by atoms with Crippen molar-refractivity contribution in [2.45, 2.75) is 59.2 Å². The average molecular weight is 342 g/mol.